The second-order valence-electron chi connectivity index (χ2n) is 7.28. The number of halogens is 2. The van der Waals surface area contributed by atoms with E-state index in [1.54, 1.807) is 41.0 Å². The van der Waals surface area contributed by atoms with Crippen molar-refractivity contribution in [2.24, 2.45) is 0 Å². The summed E-state index contributed by atoms with van der Waals surface area (Å²) in [7, 11) is 1.70. The van der Waals surface area contributed by atoms with E-state index in [-0.39, 0.29) is 18.2 Å². The standard InChI is InChI=1S/C21H16Cl2N4O2/c1-26-16-8-4-7-15(23)18(16)21(20(26)29)9-17(28)25-19-13(21)10-24-27(19)11-12-5-2-3-6-14(12)22/h2-8,10H,9,11H2,1H3,(H,25,28)/t21-/m0/s1. The van der Waals surface area contributed by atoms with E-state index >= 15 is 0 Å². The summed E-state index contributed by atoms with van der Waals surface area (Å²) in [6, 6.07) is 12.8. The number of carbonyl (C=O) groups excluding carboxylic acids is 2. The molecule has 6 nitrogen and oxygen atoms in total. The van der Waals surface area contributed by atoms with Gasteiger partial charge in [0.25, 0.3) is 0 Å². The van der Waals surface area contributed by atoms with Crippen molar-refractivity contribution < 1.29 is 9.59 Å². The molecule has 5 rings (SSSR count). The van der Waals surface area contributed by atoms with Crippen molar-refractivity contribution in [1.29, 1.82) is 0 Å². The molecule has 0 saturated carbocycles. The van der Waals surface area contributed by atoms with Gasteiger partial charge >= 0.3 is 0 Å². The number of aromatic nitrogens is 2. The van der Waals surface area contributed by atoms with Crippen LogP contribution in [0.1, 0.15) is 23.1 Å². The fraction of sp³-hybridized carbons (Fsp3) is 0.190. The van der Waals surface area contributed by atoms with E-state index in [4.69, 9.17) is 23.2 Å². The third-order valence-electron chi connectivity index (χ3n) is 5.71. The molecule has 3 heterocycles. The second-order valence-corrected chi connectivity index (χ2v) is 8.10. The zero-order valence-corrected chi connectivity index (χ0v) is 17.0. The van der Waals surface area contributed by atoms with Crippen LogP contribution in [0, 0.1) is 0 Å². The Kier molecular flexibility index (Phi) is 3.98. The van der Waals surface area contributed by atoms with Crippen LogP contribution in [0.4, 0.5) is 11.5 Å². The number of nitrogens with zero attached hydrogens (tertiary/aromatic N) is 3. The van der Waals surface area contributed by atoms with Gasteiger partial charge < -0.3 is 10.2 Å². The lowest BCUT2D eigenvalue weighted by molar-refractivity contribution is -0.126. The number of rotatable bonds is 2. The van der Waals surface area contributed by atoms with Crippen LogP contribution in [0.2, 0.25) is 10.0 Å². The summed E-state index contributed by atoms with van der Waals surface area (Å²) in [6.45, 7) is 0.366. The van der Waals surface area contributed by atoms with Crippen LogP contribution in [0.5, 0.6) is 0 Å². The number of carbonyl (C=O) groups is 2. The first kappa shape index (κ1) is 18.2. The normalized spacial score (nSPS) is 20.0. The fourth-order valence-corrected chi connectivity index (χ4v) is 4.91. The van der Waals surface area contributed by atoms with Crippen LogP contribution in [-0.2, 0) is 21.5 Å². The Labute approximate surface area is 177 Å². The van der Waals surface area contributed by atoms with Gasteiger partial charge in [-0.25, -0.2) is 4.68 Å². The first-order valence-electron chi connectivity index (χ1n) is 9.10. The summed E-state index contributed by atoms with van der Waals surface area (Å²) in [6.07, 6.45) is 1.63. The molecule has 1 spiro atoms. The summed E-state index contributed by atoms with van der Waals surface area (Å²) in [4.78, 5) is 27.8. The maximum absolute atomic E-state index is 13.5. The molecule has 146 valence electrons. The Morgan fingerprint density at radius 1 is 1.10 bits per heavy atom. The molecule has 0 fully saturated rings. The van der Waals surface area contributed by atoms with Crippen LogP contribution < -0.4 is 10.2 Å². The van der Waals surface area contributed by atoms with Gasteiger partial charge in [-0.2, -0.15) is 5.10 Å². The number of fused-ring (bicyclic) bond motifs is 4. The Morgan fingerprint density at radius 3 is 2.66 bits per heavy atom. The van der Waals surface area contributed by atoms with Gasteiger partial charge in [0.2, 0.25) is 11.8 Å². The Bertz CT molecular complexity index is 1190. The molecule has 0 aliphatic carbocycles. The van der Waals surface area contributed by atoms with Gasteiger partial charge in [-0.1, -0.05) is 47.5 Å². The Morgan fingerprint density at radius 2 is 1.86 bits per heavy atom. The molecule has 0 bridgehead atoms. The minimum absolute atomic E-state index is 0.0162. The third kappa shape index (κ3) is 2.46. The van der Waals surface area contributed by atoms with Crippen molar-refractivity contribution in [1.82, 2.24) is 9.78 Å². The summed E-state index contributed by atoms with van der Waals surface area (Å²) in [5.74, 6) is 0.0533. The molecule has 0 radical (unpaired) electrons. The Hall–Kier alpha value is -2.83. The van der Waals surface area contributed by atoms with Crippen molar-refractivity contribution in [2.45, 2.75) is 18.4 Å². The van der Waals surface area contributed by atoms with Crippen molar-refractivity contribution in [2.75, 3.05) is 17.3 Å². The van der Waals surface area contributed by atoms with Crippen LogP contribution in [0.3, 0.4) is 0 Å². The molecule has 1 N–H and O–H groups in total. The number of benzene rings is 2. The predicted molar refractivity (Wildman–Crippen MR) is 112 cm³/mol. The zero-order valence-electron chi connectivity index (χ0n) is 15.4. The molecule has 2 aliphatic rings. The monoisotopic (exact) mass is 426 g/mol. The highest BCUT2D eigenvalue weighted by Crippen LogP contribution is 2.54. The molecule has 0 saturated heterocycles. The van der Waals surface area contributed by atoms with Crippen LogP contribution >= 0.6 is 23.2 Å². The SMILES string of the molecule is CN1C(=O)[C@]2(CC(=O)Nc3c2cnn3Cc2ccccc2Cl)c2c(Cl)cccc21. The molecular weight excluding hydrogens is 411 g/mol. The van der Waals surface area contributed by atoms with Gasteiger partial charge in [-0.05, 0) is 23.8 Å². The number of anilines is 2. The van der Waals surface area contributed by atoms with Gasteiger partial charge in [0, 0.05) is 40.3 Å². The van der Waals surface area contributed by atoms with Gasteiger partial charge in [0.15, 0.2) is 0 Å². The first-order chi connectivity index (χ1) is 13.9. The van der Waals surface area contributed by atoms with Crippen LogP contribution in [0.25, 0.3) is 0 Å². The molecule has 0 unspecified atom stereocenters. The van der Waals surface area contributed by atoms with Crippen LogP contribution in [-0.4, -0.2) is 28.6 Å². The number of likely N-dealkylation sites (N-methyl/N-ethyl adjacent to an activating group) is 1. The van der Waals surface area contributed by atoms with E-state index in [0.29, 0.717) is 39.2 Å². The second kappa shape index (κ2) is 6.34. The number of amides is 2. The van der Waals surface area contributed by atoms with Crippen molar-refractivity contribution in [3.8, 4) is 0 Å². The molecular formula is C21H16Cl2N4O2. The van der Waals surface area contributed by atoms with E-state index in [9.17, 15) is 9.59 Å². The highest BCUT2D eigenvalue weighted by atomic mass is 35.5. The molecule has 8 heteroatoms. The zero-order chi connectivity index (χ0) is 20.3. The van der Waals surface area contributed by atoms with E-state index in [1.165, 1.54) is 0 Å². The largest absolute Gasteiger partial charge is 0.314 e. The summed E-state index contributed by atoms with van der Waals surface area (Å²) in [5.41, 5.74) is 1.69. The minimum atomic E-state index is -1.18. The quantitative estimate of drug-likeness (QED) is 0.676. The fourth-order valence-electron chi connectivity index (χ4n) is 4.38. The van der Waals surface area contributed by atoms with Gasteiger partial charge in [0.05, 0.1) is 12.7 Å². The van der Waals surface area contributed by atoms with E-state index in [1.807, 2.05) is 24.3 Å². The highest BCUT2D eigenvalue weighted by Gasteiger charge is 2.57. The smallest absolute Gasteiger partial charge is 0.242 e. The van der Waals surface area contributed by atoms with Gasteiger partial charge in [-0.3, -0.25) is 9.59 Å². The highest BCUT2D eigenvalue weighted by molar-refractivity contribution is 6.34. The average Bonchev–Trinajstić information content (AvgIpc) is 3.18. The topological polar surface area (TPSA) is 67.2 Å². The molecule has 29 heavy (non-hydrogen) atoms. The Balaban J connectivity index is 1.71. The van der Waals surface area contributed by atoms with E-state index in [2.05, 4.69) is 10.4 Å². The lowest BCUT2D eigenvalue weighted by Gasteiger charge is -2.32. The average molecular weight is 427 g/mol. The van der Waals surface area contributed by atoms with Crippen LogP contribution in [0.15, 0.2) is 48.7 Å². The molecule has 2 amide bonds. The maximum Gasteiger partial charge on any atom is 0.242 e. The molecule has 1 atom stereocenters. The lowest BCUT2D eigenvalue weighted by atomic mass is 9.71. The van der Waals surface area contributed by atoms with Crippen molar-refractivity contribution >= 4 is 46.5 Å². The summed E-state index contributed by atoms with van der Waals surface area (Å²) in [5, 5.41) is 8.44. The first-order valence-corrected chi connectivity index (χ1v) is 9.86. The lowest BCUT2D eigenvalue weighted by Crippen LogP contribution is -2.45. The number of hydrogen-bond donors (Lipinski definition) is 1. The minimum Gasteiger partial charge on any atom is -0.314 e. The summed E-state index contributed by atoms with van der Waals surface area (Å²) >= 11 is 12.8. The van der Waals surface area contributed by atoms with Gasteiger partial charge in [0.1, 0.15) is 11.2 Å². The predicted octanol–water partition coefficient (Wildman–Crippen LogP) is 3.84. The maximum atomic E-state index is 13.5. The number of hydrogen-bond acceptors (Lipinski definition) is 3. The number of nitrogens with one attached hydrogen (secondary N) is 1. The third-order valence-corrected chi connectivity index (χ3v) is 6.39. The van der Waals surface area contributed by atoms with Gasteiger partial charge in [-0.15, -0.1) is 0 Å². The summed E-state index contributed by atoms with van der Waals surface area (Å²) < 4.78 is 1.66. The molecule has 1 aromatic heterocycles. The van der Waals surface area contributed by atoms with E-state index < -0.39 is 5.41 Å². The van der Waals surface area contributed by atoms with Crippen molar-refractivity contribution in [3.63, 3.8) is 0 Å². The van der Waals surface area contributed by atoms with Crippen molar-refractivity contribution in [3.05, 3.63) is 75.4 Å². The molecule has 2 aromatic carbocycles. The van der Waals surface area contributed by atoms with E-state index in [0.717, 1.165) is 5.56 Å². The molecule has 3 aromatic rings. The molecule has 2 aliphatic heterocycles.